The lowest BCUT2D eigenvalue weighted by atomic mass is 10.2. The van der Waals surface area contributed by atoms with E-state index in [9.17, 15) is 4.79 Å². The summed E-state index contributed by atoms with van der Waals surface area (Å²) in [4.78, 5) is 11.1. The summed E-state index contributed by atoms with van der Waals surface area (Å²) in [7, 11) is 1.58. The van der Waals surface area contributed by atoms with Crippen LogP contribution in [0.2, 0.25) is 0 Å². The quantitative estimate of drug-likeness (QED) is 0.773. The van der Waals surface area contributed by atoms with Crippen molar-refractivity contribution >= 4 is 23.1 Å². The predicted molar refractivity (Wildman–Crippen MR) is 74.2 cm³/mol. The summed E-state index contributed by atoms with van der Waals surface area (Å²) in [5.74, 6) is 0. The summed E-state index contributed by atoms with van der Waals surface area (Å²) in [6, 6.07) is 17.2. The van der Waals surface area contributed by atoms with Gasteiger partial charge < -0.3 is 16.0 Å². The number of carbonyl (C=O) groups excluding carboxylic acids is 1. The van der Waals surface area contributed by atoms with Gasteiger partial charge in [-0.25, -0.2) is 4.79 Å². The Morgan fingerprint density at radius 3 is 2.00 bits per heavy atom. The van der Waals surface area contributed by atoms with Gasteiger partial charge >= 0.3 is 6.03 Å². The standard InChI is InChI=1S/C14H15N3O/c1-15-14(18)17-13-9-7-12(8-10-13)16-11-5-3-2-4-6-11/h2-10,16H,1H3,(H2,15,17,18). The second-order valence-electron chi connectivity index (χ2n) is 3.77. The summed E-state index contributed by atoms with van der Waals surface area (Å²) < 4.78 is 0. The zero-order chi connectivity index (χ0) is 12.8. The van der Waals surface area contributed by atoms with Gasteiger partial charge in [0.15, 0.2) is 0 Å². The van der Waals surface area contributed by atoms with Gasteiger partial charge in [0.2, 0.25) is 0 Å². The van der Waals surface area contributed by atoms with E-state index < -0.39 is 0 Å². The van der Waals surface area contributed by atoms with Crippen LogP contribution in [0, 0.1) is 0 Å². The predicted octanol–water partition coefficient (Wildman–Crippen LogP) is 3.18. The van der Waals surface area contributed by atoms with E-state index in [4.69, 9.17) is 0 Å². The fraction of sp³-hybridized carbons (Fsp3) is 0.0714. The minimum absolute atomic E-state index is 0.223. The first kappa shape index (κ1) is 12.0. The Morgan fingerprint density at radius 2 is 1.39 bits per heavy atom. The molecule has 0 aliphatic rings. The zero-order valence-corrected chi connectivity index (χ0v) is 10.1. The van der Waals surface area contributed by atoms with Crippen molar-refractivity contribution in [2.24, 2.45) is 0 Å². The van der Waals surface area contributed by atoms with Crippen LogP contribution in [0.15, 0.2) is 54.6 Å². The number of anilines is 3. The molecule has 2 rings (SSSR count). The van der Waals surface area contributed by atoms with E-state index in [0.29, 0.717) is 0 Å². The number of benzene rings is 2. The molecule has 92 valence electrons. The van der Waals surface area contributed by atoms with Crippen molar-refractivity contribution in [1.29, 1.82) is 0 Å². The third-order valence-corrected chi connectivity index (χ3v) is 2.43. The highest BCUT2D eigenvalue weighted by molar-refractivity contribution is 5.89. The number of hydrogen-bond acceptors (Lipinski definition) is 2. The molecule has 0 saturated heterocycles. The third kappa shape index (κ3) is 3.25. The van der Waals surface area contributed by atoms with E-state index in [1.54, 1.807) is 7.05 Å². The maximum Gasteiger partial charge on any atom is 0.318 e. The van der Waals surface area contributed by atoms with Crippen molar-refractivity contribution in [2.45, 2.75) is 0 Å². The minimum atomic E-state index is -0.223. The van der Waals surface area contributed by atoms with Gasteiger partial charge in [-0.3, -0.25) is 0 Å². The largest absolute Gasteiger partial charge is 0.356 e. The molecule has 0 radical (unpaired) electrons. The second kappa shape index (κ2) is 5.72. The van der Waals surface area contributed by atoms with Crippen LogP contribution in [0.5, 0.6) is 0 Å². The van der Waals surface area contributed by atoms with Crippen molar-refractivity contribution < 1.29 is 4.79 Å². The van der Waals surface area contributed by atoms with E-state index in [2.05, 4.69) is 16.0 Å². The molecule has 4 nitrogen and oxygen atoms in total. The molecule has 0 heterocycles. The Balaban J connectivity index is 2.02. The average molecular weight is 241 g/mol. The van der Waals surface area contributed by atoms with Crippen LogP contribution in [0.4, 0.5) is 21.9 Å². The summed E-state index contributed by atoms with van der Waals surface area (Å²) in [6.45, 7) is 0. The molecule has 2 amide bonds. The topological polar surface area (TPSA) is 53.2 Å². The zero-order valence-electron chi connectivity index (χ0n) is 10.1. The van der Waals surface area contributed by atoms with E-state index in [0.717, 1.165) is 17.1 Å². The molecule has 0 spiro atoms. The van der Waals surface area contributed by atoms with Crippen molar-refractivity contribution in [3.63, 3.8) is 0 Å². The van der Waals surface area contributed by atoms with Crippen LogP contribution < -0.4 is 16.0 Å². The molecule has 3 N–H and O–H groups in total. The van der Waals surface area contributed by atoms with Crippen LogP contribution >= 0.6 is 0 Å². The molecule has 2 aromatic rings. The minimum Gasteiger partial charge on any atom is -0.356 e. The monoisotopic (exact) mass is 241 g/mol. The summed E-state index contributed by atoms with van der Waals surface area (Å²) in [6.07, 6.45) is 0. The van der Waals surface area contributed by atoms with Gasteiger partial charge in [-0.15, -0.1) is 0 Å². The molecule has 2 aromatic carbocycles. The maximum absolute atomic E-state index is 11.1. The van der Waals surface area contributed by atoms with Crippen LogP contribution in [0.3, 0.4) is 0 Å². The summed E-state index contributed by atoms with van der Waals surface area (Å²) >= 11 is 0. The highest BCUT2D eigenvalue weighted by Crippen LogP contribution is 2.18. The second-order valence-corrected chi connectivity index (χ2v) is 3.77. The lowest BCUT2D eigenvalue weighted by Crippen LogP contribution is -2.24. The van der Waals surface area contributed by atoms with Gasteiger partial charge in [-0.1, -0.05) is 18.2 Å². The normalized spacial score (nSPS) is 9.61. The van der Waals surface area contributed by atoms with E-state index in [-0.39, 0.29) is 6.03 Å². The molecule has 18 heavy (non-hydrogen) atoms. The number of para-hydroxylation sites is 1. The molecular weight excluding hydrogens is 226 g/mol. The van der Waals surface area contributed by atoms with E-state index in [1.165, 1.54) is 0 Å². The first-order valence-corrected chi connectivity index (χ1v) is 5.69. The number of urea groups is 1. The molecular formula is C14H15N3O. The van der Waals surface area contributed by atoms with Crippen LogP contribution in [-0.4, -0.2) is 13.1 Å². The Labute approximate surface area is 106 Å². The first-order chi connectivity index (χ1) is 8.78. The number of nitrogens with one attached hydrogen (secondary N) is 3. The Kier molecular flexibility index (Phi) is 3.81. The first-order valence-electron chi connectivity index (χ1n) is 5.69. The van der Waals surface area contributed by atoms with Gasteiger partial charge in [0, 0.05) is 24.1 Å². The van der Waals surface area contributed by atoms with Crippen molar-refractivity contribution in [1.82, 2.24) is 5.32 Å². The van der Waals surface area contributed by atoms with Gasteiger partial charge in [0.25, 0.3) is 0 Å². The van der Waals surface area contributed by atoms with E-state index >= 15 is 0 Å². The highest BCUT2D eigenvalue weighted by atomic mass is 16.2. The lowest BCUT2D eigenvalue weighted by Gasteiger charge is -2.08. The summed E-state index contributed by atoms with van der Waals surface area (Å²) in [5.41, 5.74) is 2.76. The molecule has 0 aromatic heterocycles. The van der Waals surface area contributed by atoms with Gasteiger partial charge in [-0.2, -0.15) is 0 Å². The molecule has 0 unspecified atom stereocenters. The van der Waals surface area contributed by atoms with E-state index in [1.807, 2.05) is 54.6 Å². The number of rotatable bonds is 3. The Hall–Kier alpha value is -2.49. The molecule has 0 bridgehead atoms. The molecule has 0 aliphatic carbocycles. The van der Waals surface area contributed by atoms with Crippen molar-refractivity contribution in [2.75, 3.05) is 17.7 Å². The average Bonchev–Trinajstić information content (AvgIpc) is 2.42. The van der Waals surface area contributed by atoms with Gasteiger partial charge in [0.1, 0.15) is 0 Å². The third-order valence-electron chi connectivity index (χ3n) is 2.43. The number of amides is 2. The fourth-order valence-corrected chi connectivity index (χ4v) is 1.52. The Bertz CT molecular complexity index is 508. The molecule has 0 saturated carbocycles. The highest BCUT2D eigenvalue weighted by Gasteiger charge is 1.98. The fourth-order valence-electron chi connectivity index (χ4n) is 1.52. The maximum atomic E-state index is 11.1. The molecule has 4 heteroatoms. The molecule has 0 aliphatic heterocycles. The van der Waals surface area contributed by atoms with Crippen molar-refractivity contribution in [3.8, 4) is 0 Å². The lowest BCUT2D eigenvalue weighted by molar-refractivity contribution is 0.254. The Morgan fingerprint density at radius 1 is 0.833 bits per heavy atom. The van der Waals surface area contributed by atoms with Crippen LogP contribution in [-0.2, 0) is 0 Å². The molecule has 0 atom stereocenters. The molecule has 0 fully saturated rings. The van der Waals surface area contributed by atoms with Gasteiger partial charge in [-0.05, 0) is 36.4 Å². The summed E-state index contributed by atoms with van der Waals surface area (Å²) in [5, 5.41) is 8.48. The smallest absolute Gasteiger partial charge is 0.318 e. The van der Waals surface area contributed by atoms with Crippen LogP contribution in [0.25, 0.3) is 0 Å². The number of carbonyl (C=O) groups is 1. The number of hydrogen-bond donors (Lipinski definition) is 3. The van der Waals surface area contributed by atoms with Crippen molar-refractivity contribution in [3.05, 3.63) is 54.6 Å². The van der Waals surface area contributed by atoms with Crippen LogP contribution in [0.1, 0.15) is 0 Å². The SMILES string of the molecule is CNC(=O)Nc1ccc(Nc2ccccc2)cc1. The van der Waals surface area contributed by atoms with Gasteiger partial charge in [0.05, 0.1) is 0 Å².